The summed E-state index contributed by atoms with van der Waals surface area (Å²) in [5.41, 5.74) is 5.82. The first-order valence-corrected chi connectivity index (χ1v) is 13.9. The Morgan fingerprint density at radius 3 is 1.59 bits per heavy atom. The average Bonchev–Trinajstić information content (AvgIpc) is 2.79. The second-order valence-corrected chi connectivity index (χ2v) is 10.5. The lowest BCUT2D eigenvalue weighted by Crippen LogP contribution is -2.48. The second-order valence-electron chi connectivity index (χ2n) is 10.5. The van der Waals surface area contributed by atoms with Crippen molar-refractivity contribution in [2.45, 2.75) is 112 Å². The minimum Gasteiger partial charge on any atom is -0.340 e. The smallest absolute Gasteiger partial charge is 0.222 e. The summed E-state index contributed by atoms with van der Waals surface area (Å²) in [5.74, 6) is 0.331. The maximum absolute atomic E-state index is 12.5. The van der Waals surface area contributed by atoms with E-state index in [1.807, 2.05) is 0 Å². The highest BCUT2D eigenvalue weighted by atomic mass is 16.2. The summed E-state index contributed by atoms with van der Waals surface area (Å²) in [7, 11) is 0. The maximum atomic E-state index is 12.5. The third-order valence-corrected chi connectivity index (χ3v) is 6.81. The molecule has 0 unspecified atom stereocenters. The van der Waals surface area contributed by atoms with Crippen molar-refractivity contribution in [2.75, 3.05) is 32.7 Å². The van der Waals surface area contributed by atoms with E-state index in [4.69, 9.17) is 0 Å². The van der Waals surface area contributed by atoms with Crippen molar-refractivity contribution in [2.24, 2.45) is 0 Å². The van der Waals surface area contributed by atoms with Gasteiger partial charge in [-0.15, -0.1) is 0 Å². The van der Waals surface area contributed by atoms with Crippen LogP contribution in [-0.2, 0) is 4.79 Å². The van der Waals surface area contributed by atoms with Gasteiger partial charge in [0.2, 0.25) is 5.91 Å². The van der Waals surface area contributed by atoms with E-state index in [-0.39, 0.29) is 0 Å². The van der Waals surface area contributed by atoms with Crippen molar-refractivity contribution in [1.82, 2.24) is 9.80 Å². The van der Waals surface area contributed by atoms with E-state index in [0.717, 1.165) is 64.7 Å². The molecule has 3 heteroatoms. The number of amides is 1. The SMILES string of the molecule is CCCCCN1CCN(C(=O)CC/C=C(\C)CC/C=C(\C)CC/C=C(\C)CCC=C(C)C)CC1. The van der Waals surface area contributed by atoms with Crippen molar-refractivity contribution in [3.63, 3.8) is 0 Å². The van der Waals surface area contributed by atoms with E-state index in [1.54, 1.807) is 0 Å². The zero-order valence-electron chi connectivity index (χ0n) is 23.4. The molecule has 1 fully saturated rings. The summed E-state index contributed by atoms with van der Waals surface area (Å²) in [5, 5.41) is 0. The molecule has 0 spiro atoms. The molecule has 1 saturated heterocycles. The Morgan fingerprint density at radius 2 is 1.12 bits per heavy atom. The van der Waals surface area contributed by atoms with Crippen LogP contribution in [0.5, 0.6) is 0 Å². The van der Waals surface area contributed by atoms with Crippen LogP contribution >= 0.6 is 0 Å². The van der Waals surface area contributed by atoms with Crippen LogP contribution in [0.2, 0.25) is 0 Å². The highest BCUT2D eigenvalue weighted by Gasteiger charge is 2.19. The van der Waals surface area contributed by atoms with Gasteiger partial charge < -0.3 is 4.90 Å². The lowest BCUT2D eigenvalue weighted by atomic mass is 10.0. The molecule has 0 bridgehead atoms. The van der Waals surface area contributed by atoms with Crippen molar-refractivity contribution >= 4 is 5.91 Å². The molecule has 0 aromatic carbocycles. The fourth-order valence-corrected chi connectivity index (χ4v) is 4.39. The number of rotatable bonds is 16. The monoisotopic (exact) mass is 470 g/mol. The van der Waals surface area contributed by atoms with Gasteiger partial charge in [-0.25, -0.2) is 0 Å². The number of allylic oxidation sites excluding steroid dienone is 8. The van der Waals surface area contributed by atoms with E-state index in [0.29, 0.717) is 12.3 Å². The van der Waals surface area contributed by atoms with Gasteiger partial charge in [0.05, 0.1) is 0 Å². The van der Waals surface area contributed by atoms with Crippen molar-refractivity contribution in [3.05, 3.63) is 46.6 Å². The predicted octanol–water partition coefficient (Wildman–Crippen LogP) is 8.25. The maximum Gasteiger partial charge on any atom is 0.222 e. The second kappa shape index (κ2) is 18.7. The molecule has 1 heterocycles. The molecule has 0 radical (unpaired) electrons. The van der Waals surface area contributed by atoms with Gasteiger partial charge in [0, 0.05) is 32.6 Å². The summed E-state index contributed by atoms with van der Waals surface area (Å²) < 4.78 is 0. The quantitative estimate of drug-likeness (QED) is 0.167. The van der Waals surface area contributed by atoms with Gasteiger partial charge in [0.15, 0.2) is 0 Å². The first-order valence-electron chi connectivity index (χ1n) is 13.9. The summed E-state index contributed by atoms with van der Waals surface area (Å²) in [6, 6.07) is 0. The Hall–Kier alpha value is -1.61. The van der Waals surface area contributed by atoms with Crippen molar-refractivity contribution in [3.8, 4) is 0 Å². The van der Waals surface area contributed by atoms with E-state index in [2.05, 4.69) is 75.6 Å². The first kappa shape index (κ1) is 30.4. The molecule has 1 aliphatic rings. The van der Waals surface area contributed by atoms with Gasteiger partial charge in [-0.05, 0) is 92.5 Å². The molecular formula is C31H54N2O. The van der Waals surface area contributed by atoms with E-state index in [1.165, 1.54) is 54.5 Å². The van der Waals surface area contributed by atoms with Crippen LogP contribution in [0, 0.1) is 0 Å². The molecular weight excluding hydrogens is 416 g/mol. The first-order chi connectivity index (χ1) is 16.3. The minimum absolute atomic E-state index is 0.331. The molecule has 194 valence electrons. The molecule has 0 aromatic rings. The Labute approximate surface area is 212 Å². The van der Waals surface area contributed by atoms with E-state index >= 15 is 0 Å². The molecule has 0 aliphatic carbocycles. The Balaban J connectivity index is 2.19. The number of unbranched alkanes of at least 4 members (excludes halogenated alkanes) is 2. The van der Waals surface area contributed by atoms with Crippen LogP contribution in [0.3, 0.4) is 0 Å². The van der Waals surface area contributed by atoms with Crippen LogP contribution in [0.15, 0.2) is 46.6 Å². The Bertz CT molecular complexity index is 686. The minimum atomic E-state index is 0.331. The van der Waals surface area contributed by atoms with Crippen LogP contribution < -0.4 is 0 Å². The van der Waals surface area contributed by atoms with Gasteiger partial charge in [-0.3, -0.25) is 9.69 Å². The number of carbonyl (C=O) groups excluding carboxylic acids is 1. The standard InChI is InChI=1S/C31H54N2O/c1-7-8-9-22-32-23-25-33(26-24-32)31(34)21-13-20-30(6)19-12-18-29(5)17-11-16-28(4)15-10-14-27(2)3/h14,16,18,20H,7-13,15,17,19,21-26H2,1-6H3/b28-16+,29-18+,30-20+. The lowest BCUT2D eigenvalue weighted by Gasteiger charge is -2.34. The molecule has 1 aliphatic heterocycles. The molecule has 0 N–H and O–H groups in total. The average molecular weight is 471 g/mol. The summed E-state index contributed by atoms with van der Waals surface area (Å²) in [6.07, 6.45) is 21.7. The van der Waals surface area contributed by atoms with E-state index < -0.39 is 0 Å². The highest BCUT2D eigenvalue weighted by Crippen LogP contribution is 2.14. The highest BCUT2D eigenvalue weighted by molar-refractivity contribution is 5.76. The van der Waals surface area contributed by atoms with Crippen LogP contribution in [-0.4, -0.2) is 48.4 Å². The molecule has 3 nitrogen and oxygen atoms in total. The topological polar surface area (TPSA) is 23.6 Å². The van der Waals surface area contributed by atoms with Crippen molar-refractivity contribution < 1.29 is 4.79 Å². The number of carbonyl (C=O) groups is 1. The van der Waals surface area contributed by atoms with E-state index in [9.17, 15) is 4.79 Å². The Morgan fingerprint density at radius 1 is 0.647 bits per heavy atom. The molecule has 0 saturated carbocycles. The number of hydrogen-bond donors (Lipinski definition) is 0. The van der Waals surface area contributed by atoms with Gasteiger partial charge in [-0.1, -0.05) is 66.4 Å². The molecule has 0 atom stereocenters. The molecule has 1 amide bonds. The number of nitrogens with zero attached hydrogens (tertiary/aromatic N) is 2. The molecule has 34 heavy (non-hydrogen) atoms. The zero-order valence-corrected chi connectivity index (χ0v) is 23.4. The normalized spacial score (nSPS) is 16.2. The number of piperazine rings is 1. The van der Waals surface area contributed by atoms with Gasteiger partial charge in [0.1, 0.15) is 0 Å². The summed E-state index contributed by atoms with van der Waals surface area (Å²) in [4.78, 5) is 17.1. The summed E-state index contributed by atoms with van der Waals surface area (Å²) >= 11 is 0. The zero-order chi connectivity index (χ0) is 25.2. The van der Waals surface area contributed by atoms with Gasteiger partial charge in [-0.2, -0.15) is 0 Å². The van der Waals surface area contributed by atoms with Crippen molar-refractivity contribution in [1.29, 1.82) is 0 Å². The van der Waals surface area contributed by atoms with Gasteiger partial charge >= 0.3 is 0 Å². The third-order valence-electron chi connectivity index (χ3n) is 6.81. The van der Waals surface area contributed by atoms with Crippen LogP contribution in [0.4, 0.5) is 0 Å². The third kappa shape index (κ3) is 15.3. The summed E-state index contributed by atoms with van der Waals surface area (Å²) in [6.45, 7) is 18.4. The lowest BCUT2D eigenvalue weighted by molar-refractivity contribution is -0.132. The fraction of sp³-hybridized carbons (Fsp3) is 0.710. The van der Waals surface area contributed by atoms with Crippen LogP contribution in [0.1, 0.15) is 112 Å². The largest absolute Gasteiger partial charge is 0.340 e. The number of hydrogen-bond acceptors (Lipinski definition) is 2. The molecule has 1 rings (SSSR count). The Kier molecular flexibility index (Phi) is 16.7. The van der Waals surface area contributed by atoms with Crippen LogP contribution in [0.25, 0.3) is 0 Å². The molecule has 0 aromatic heterocycles. The predicted molar refractivity (Wildman–Crippen MR) is 150 cm³/mol. The fourth-order valence-electron chi connectivity index (χ4n) is 4.39. The van der Waals surface area contributed by atoms with Gasteiger partial charge in [0.25, 0.3) is 0 Å².